The molecule has 2 rings (SSSR count). The van der Waals surface area contributed by atoms with Gasteiger partial charge in [0, 0.05) is 18.1 Å². The molecule has 0 saturated carbocycles. The molecule has 3 nitrogen and oxygen atoms in total. The first-order valence-corrected chi connectivity index (χ1v) is 5.27. The van der Waals surface area contributed by atoms with Gasteiger partial charge in [0.05, 0.1) is 6.54 Å². The molecule has 0 saturated heterocycles. The highest BCUT2D eigenvalue weighted by molar-refractivity contribution is 5.44. The second-order valence-electron chi connectivity index (χ2n) is 3.75. The van der Waals surface area contributed by atoms with Crippen molar-refractivity contribution >= 4 is 5.69 Å². The first kappa shape index (κ1) is 11.6. The largest absolute Gasteiger partial charge is 0.378 e. The Hall–Kier alpha value is -1.91. The predicted molar refractivity (Wildman–Crippen MR) is 62.0 cm³/mol. The fourth-order valence-corrected chi connectivity index (χ4v) is 1.51. The Bertz CT molecular complexity index is 477. The van der Waals surface area contributed by atoms with Crippen LogP contribution in [0, 0.1) is 6.92 Å². The van der Waals surface area contributed by atoms with E-state index < -0.39 is 6.55 Å². The molecule has 5 heteroatoms. The van der Waals surface area contributed by atoms with Crippen molar-refractivity contribution in [3.8, 4) is 0 Å². The monoisotopic (exact) mass is 237 g/mol. The Morgan fingerprint density at radius 3 is 2.65 bits per heavy atom. The van der Waals surface area contributed by atoms with Gasteiger partial charge in [-0.3, -0.25) is 4.57 Å². The number of alkyl halides is 2. The van der Waals surface area contributed by atoms with Gasteiger partial charge < -0.3 is 5.32 Å². The lowest BCUT2D eigenvalue weighted by Gasteiger charge is -2.08. The zero-order valence-electron chi connectivity index (χ0n) is 9.40. The Labute approximate surface area is 98.1 Å². The maximum absolute atomic E-state index is 12.5. The van der Waals surface area contributed by atoms with Crippen LogP contribution in [0.5, 0.6) is 0 Å². The molecule has 0 aliphatic heterocycles. The van der Waals surface area contributed by atoms with Gasteiger partial charge in [-0.05, 0) is 19.1 Å². The number of hydrogen-bond donors (Lipinski definition) is 1. The van der Waals surface area contributed by atoms with Crippen molar-refractivity contribution in [1.29, 1.82) is 0 Å². The summed E-state index contributed by atoms with van der Waals surface area (Å²) >= 11 is 0. The quantitative estimate of drug-likeness (QED) is 0.885. The average molecular weight is 237 g/mol. The number of rotatable bonds is 4. The minimum absolute atomic E-state index is 0.278. The molecule has 0 unspecified atom stereocenters. The van der Waals surface area contributed by atoms with Crippen molar-refractivity contribution in [3.63, 3.8) is 0 Å². The summed E-state index contributed by atoms with van der Waals surface area (Å²) in [5, 5.41) is 3.05. The zero-order valence-corrected chi connectivity index (χ0v) is 9.40. The van der Waals surface area contributed by atoms with E-state index in [1.54, 1.807) is 0 Å². The van der Waals surface area contributed by atoms with Crippen LogP contribution in [0.4, 0.5) is 14.5 Å². The van der Waals surface area contributed by atoms with Crippen LogP contribution in [0.1, 0.15) is 17.9 Å². The van der Waals surface area contributed by atoms with Gasteiger partial charge in [0.1, 0.15) is 5.82 Å². The van der Waals surface area contributed by atoms with Gasteiger partial charge in [-0.1, -0.05) is 17.7 Å². The van der Waals surface area contributed by atoms with Crippen LogP contribution < -0.4 is 5.32 Å². The fraction of sp³-hybridized carbons (Fsp3) is 0.250. The zero-order chi connectivity index (χ0) is 12.3. The maximum atomic E-state index is 12.5. The Kier molecular flexibility index (Phi) is 3.37. The van der Waals surface area contributed by atoms with Crippen LogP contribution in [0.25, 0.3) is 0 Å². The van der Waals surface area contributed by atoms with Crippen molar-refractivity contribution in [2.24, 2.45) is 0 Å². The van der Waals surface area contributed by atoms with Crippen LogP contribution in [-0.2, 0) is 6.54 Å². The molecule has 0 aliphatic rings. The van der Waals surface area contributed by atoms with Gasteiger partial charge in [0.25, 0.3) is 0 Å². The first-order chi connectivity index (χ1) is 8.16. The van der Waals surface area contributed by atoms with Crippen LogP contribution in [0.15, 0.2) is 36.7 Å². The molecule has 1 heterocycles. The number of halogens is 2. The standard InChI is InChI=1S/C12H13F2N3/c1-9-2-4-10(5-3-9)16-8-11-15-6-7-17(11)12(13)14/h2-7,12,16H,8H2,1H3. The van der Waals surface area contributed by atoms with Gasteiger partial charge in [0.2, 0.25) is 0 Å². The summed E-state index contributed by atoms with van der Waals surface area (Å²) in [6.45, 7) is -0.277. The summed E-state index contributed by atoms with van der Waals surface area (Å²) in [5.74, 6) is 0.320. The highest BCUT2D eigenvalue weighted by Crippen LogP contribution is 2.14. The van der Waals surface area contributed by atoms with Crippen LogP contribution >= 0.6 is 0 Å². The SMILES string of the molecule is Cc1ccc(NCc2nccn2C(F)F)cc1. The molecular formula is C12H13F2N3. The molecule has 0 aliphatic carbocycles. The summed E-state index contributed by atoms with van der Waals surface area (Å²) in [6, 6.07) is 7.74. The molecule has 1 N–H and O–H groups in total. The predicted octanol–water partition coefficient (Wildman–Crippen LogP) is 3.20. The van der Waals surface area contributed by atoms with Gasteiger partial charge in [0.15, 0.2) is 0 Å². The van der Waals surface area contributed by atoms with Crippen molar-refractivity contribution in [1.82, 2.24) is 9.55 Å². The fourth-order valence-electron chi connectivity index (χ4n) is 1.51. The Morgan fingerprint density at radius 2 is 2.00 bits per heavy atom. The molecule has 17 heavy (non-hydrogen) atoms. The molecule has 0 amide bonds. The number of hydrogen-bond acceptors (Lipinski definition) is 2. The van der Waals surface area contributed by atoms with E-state index in [1.165, 1.54) is 12.4 Å². The summed E-state index contributed by atoms with van der Waals surface area (Å²) in [4.78, 5) is 3.89. The van der Waals surface area contributed by atoms with E-state index in [0.717, 1.165) is 15.8 Å². The number of nitrogens with one attached hydrogen (secondary N) is 1. The van der Waals surface area contributed by atoms with Crippen molar-refractivity contribution in [2.75, 3.05) is 5.32 Å². The normalized spacial score (nSPS) is 10.8. The minimum Gasteiger partial charge on any atom is -0.378 e. The van der Waals surface area contributed by atoms with Gasteiger partial charge in [-0.25, -0.2) is 4.98 Å². The summed E-state index contributed by atoms with van der Waals surface area (Å²) in [7, 11) is 0. The third-order valence-corrected chi connectivity index (χ3v) is 2.46. The molecular weight excluding hydrogens is 224 g/mol. The number of aryl methyl sites for hydroxylation is 1. The van der Waals surface area contributed by atoms with E-state index in [0.29, 0.717) is 5.82 Å². The first-order valence-electron chi connectivity index (χ1n) is 5.27. The number of benzene rings is 1. The number of nitrogens with zero attached hydrogens (tertiary/aromatic N) is 2. The topological polar surface area (TPSA) is 29.9 Å². The van der Waals surface area contributed by atoms with Crippen molar-refractivity contribution in [3.05, 3.63) is 48.0 Å². The highest BCUT2D eigenvalue weighted by Gasteiger charge is 2.10. The Balaban J connectivity index is 2.02. The maximum Gasteiger partial charge on any atom is 0.319 e. The van der Waals surface area contributed by atoms with E-state index in [-0.39, 0.29) is 6.54 Å². The van der Waals surface area contributed by atoms with Crippen LogP contribution in [0.2, 0.25) is 0 Å². The second-order valence-corrected chi connectivity index (χ2v) is 3.75. The number of imidazole rings is 1. The molecule has 0 spiro atoms. The Morgan fingerprint density at radius 1 is 1.29 bits per heavy atom. The van der Waals surface area contributed by atoms with E-state index >= 15 is 0 Å². The van der Waals surface area contributed by atoms with Crippen molar-refractivity contribution in [2.45, 2.75) is 20.0 Å². The molecule has 0 fully saturated rings. The summed E-state index contributed by atoms with van der Waals surface area (Å²) in [5.41, 5.74) is 2.05. The molecule has 2 aromatic rings. The van der Waals surface area contributed by atoms with Crippen LogP contribution in [0.3, 0.4) is 0 Å². The van der Waals surface area contributed by atoms with Crippen LogP contribution in [-0.4, -0.2) is 9.55 Å². The lowest BCUT2D eigenvalue weighted by atomic mass is 10.2. The van der Waals surface area contributed by atoms with E-state index in [4.69, 9.17) is 0 Å². The number of anilines is 1. The second kappa shape index (κ2) is 4.95. The molecule has 90 valence electrons. The molecule has 0 radical (unpaired) electrons. The van der Waals surface area contributed by atoms with E-state index in [1.807, 2.05) is 31.2 Å². The van der Waals surface area contributed by atoms with E-state index in [2.05, 4.69) is 10.3 Å². The van der Waals surface area contributed by atoms with Gasteiger partial charge in [-0.2, -0.15) is 8.78 Å². The van der Waals surface area contributed by atoms with Gasteiger partial charge in [-0.15, -0.1) is 0 Å². The van der Waals surface area contributed by atoms with E-state index in [9.17, 15) is 8.78 Å². The smallest absolute Gasteiger partial charge is 0.319 e. The lowest BCUT2D eigenvalue weighted by molar-refractivity contribution is 0.0673. The molecule has 0 bridgehead atoms. The third kappa shape index (κ3) is 2.81. The lowest BCUT2D eigenvalue weighted by Crippen LogP contribution is -2.08. The summed E-state index contributed by atoms with van der Waals surface area (Å²) < 4.78 is 25.9. The molecule has 0 atom stereocenters. The average Bonchev–Trinajstić information content (AvgIpc) is 2.76. The molecule has 1 aromatic heterocycles. The highest BCUT2D eigenvalue weighted by atomic mass is 19.3. The van der Waals surface area contributed by atoms with Gasteiger partial charge >= 0.3 is 6.55 Å². The molecule has 1 aromatic carbocycles. The van der Waals surface area contributed by atoms with Crippen molar-refractivity contribution < 1.29 is 8.78 Å². The minimum atomic E-state index is -2.55. The third-order valence-electron chi connectivity index (χ3n) is 2.46. The number of aromatic nitrogens is 2. The summed E-state index contributed by atoms with van der Waals surface area (Å²) in [6.07, 6.45) is 2.65.